The Morgan fingerprint density at radius 3 is 2.23 bits per heavy atom. The Labute approximate surface area is 197 Å². The standard InChI is InChI=1S/C18H12N8O8S/c27-15(21-19-9-10-1-3-11(4-2-10)24(29)30)8-16-22-23-18(35-16)20-17(28)13-6-5-12(25(31)32)7-14(13)26(33)34/h1-7,9H,8H2,(H,21,27)(H,20,23,28)/b19-9-. The second-order valence-electron chi connectivity index (χ2n) is 6.49. The maximum Gasteiger partial charge on any atom is 0.289 e. The highest BCUT2D eigenvalue weighted by atomic mass is 32.1. The first-order chi connectivity index (χ1) is 16.6. The number of rotatable bonds is 9. The SMILES string of the molecule is O=C(Cc1nnc(NC(=O)c2ccc([N+](=O)[O-])cc2[N+](=O)[O-])s1)N/N=C\c1ccc([N+](=O)[O-])cc1. The van der Waals surface area contributed by atoms with Gasteiger partial charge in [0.25, 0.3) is 23.0 Å². The molecule has 178 valence electrons. The van der Waals surface area contributed by atoms with Gasteiger partial charge >= 0.3 is 0 Å². The smallest absolute Gasteiger partial charge is 0.289 e. The van der Waals surface area contributed by atoms with Gasteiger partial charge in [-0.25, -0.2) is 5.43 Å². The minimum atomic E-state index is -0.938. The molecule has 2 aromatic carbocycles. The van der Waals surface area contributed by atoms with Crippen molar-refractivity contribution in [2.75, 3.05) is 5.32 Å². The van der Waals surface area contributed by atoms with Crippen molar-refractivity contribution in [3.8, 4) is 0 Å². The van der Waals surface area contributed by atoms with E-state index in [1.165, 1.54) is 30.5 Å². The zero-order chi connectivity index (χ0) is 25.5. The third-order valence-corrected chi connectivity index (χ3v) is 4.98. The molecule has 0 aliphatic rings. The number of amides is 2. The normalized spacial score (nSPS) is 10.6. The lowest BCUT2D eigenvalue weighted by Gasteiger charge is -2.02. The summed E-state index contributed by atoms with van der Waals surface area (Å²) < 4.78 is 0. The van der Waals surface area contributed by atoms with Gasteiger partial charge in [0.1, 0.15) is 10.6 Å². The molecule has 0 radical (unpaired) electrons. The number of nitrogens with zero attached hydrogens (tertiary/aromatic N) is 6. The van der Waals surface area contributed by atoms with Gasteiger partial charge in [-0.05, 0) is 23.8 Å². The molecule has 16 nitrogen and oxygen atoms in total. The lowest BCUT2D eigenvalue weighted by Crippen LogP contribution is -2.19. The number of benzene rings is 2. The zero-order valence-electron chi connectivity index (χ0n) is 17.2. The fourth-order valence-corrected chi connectivity index (χ4v) is 3.29. The molecule has 3 rings (SSSR count). The first-order valence-corrected chi connectivity index (χ1v) is 10.1. The van der Waals surface area contributed by atoms with E-state index >= 15 is 0 Å². The van der Waals surface area contributed by atoms with Crippen LogP contribution in [0.5, 0.6) is 0 Å². The highest BCUT2D eigenvalue weighted by Crippen LogP contribution is 2.26. The number of non-ortho nitro benzene ring substituents is 2. The van der Waals surface area contributed by atoms with Crippen molar-refractivity contribution in [3.63, 3.8) is 0 Å². The van der Waals surface area contributed by atoms with Crippen LogP contribution in [0.1, 0.15) is 20.9 Å². The molecule has 0 atom stereocenters. The van der Waals surface area contributed by atoms with Gasteiger partial charge in [0.2, 0.25) is 11.0 Å². The van der Waals surface area contributed by atoms with Gasteiger partial charge in [0.05, 0.1) is 33.5 Å². The van der Waals surface area contributed by atoms with Crippen LogP contribution in [0.3, 0.4) is 0 Å². The summed E-state index contributed by atoms with van der Waals surface area (Å²) >= 11 is 0.832. The second kappa shape index (κ2) is 10.6. The third kappa shape index (κ3) is 6.42. The molecule has 35 heavy (non-hydrogen) atoms. The monoisotopic (exact) mass is 500 g/mol. The Hall–Kier alpha value is -5.19. The summed E-state index contributed by atoms with van der Waals surface area (Å²) in [5, 5.41) is 46.2. The molecular formula is C18H12N8O8S. The first kappa shape index (κ1) is 24.5. The number of aromatic nitrogens is 2. The fraction of sp³-hybridized carbons (Fsp3) is 0.0556. The van der Waals surface area contributed by atoms with Crippen molar-refractivity contribution in [1.82, 2.24) is 15.6 Å². The Morgan fingerprint density at radius 2 is 1.60 bits per heavy atom. The number of anilines is 1. The van der Waals surface area contributed by atoms with E-state index in [2.05, 4.69) is 26.0 Å². The van der Waals surface area contributed by atoms with Crippen molar-refractivity contribution in [2.24, 2.45) is 5.10 Å². The van der Waals surface area contributed by atoms with Crippen molar-refractivity contribution >= 4 is 51.6 Å². The molecular weight excluding hydrogens is 488 g/mol. The minimum absolute atomic E-state index is 0.0557. The molecule has 17 heteroatoms. The van der Waals surface area contributed by atoms with E-state index in [4.69, 9.17) is 0 Å². The Kier molecular flexibility index (Phi) is 7.42. The summed E-state index contributed by atoms with van der Waals surface area (Å²) in [6.07, 6.45) is 1.04. The lowest BCUT2D eigenvalue weighted by molar-refractivity contribution is -0.394. The van der Waals surface area contributed by atoms with Gasteiger partial charge in [-0.2, -0.15) is 5.10 Å². The van der Waals surface area contributed by atoms with Crippen molar-refractivity contribution < 1.29 is 24.4 Å². The van der Waals surface area contributed by atoms with Gasteiger partial charge in [-0.3, -0.25) is 45.2 Å². The highest BCUT2D eigenvalue weighted by Gasteiger charge is 2.25. The van der Waals surface area contributed by atoms with Crippen LogP contribution in [0.25, 0.3) is 0 Å². The predicted octanol–water partition coefficient (Wildman–Crippen LogP) is 2.21. The van der Waals surface area contributed by atoms with Crippen LogP contribution in [0.15, 0.2) is 47.6 Å². The third-order valence-electron chi connectivity index (χ3n) is 4.14. The quantitative estimate of drug-likeness (QED) is 0.247. The van der Waals surface area contributed by atoms with E-state index < -0.39 is 43.5 Å². The van der Waals surface area contributed by atoms with Gasteiger partial charge in [-0.15, -0.1) is 10.2 Å². The van der Waals surface area contributed by atoms with E-state index in [1.54, 1.807) is 0 Å². The average molecular weight is 500 g/mol. The number of nitrogens with one attached hydrogen (secondary N) is 2. The lowest BCUT2D eigenvalue weighted by atomic mass is 10.1. The second-order valence-corrected chi connectivity index (χ2v) is 7.55. The highest BCUT2D eigenvalue weighted by molar-refractivity contribution is 7.15. The molecule has 0 bridgehead atoms. The zero-order valence-corrected chi connectivity index (χ0v) is 18.0. The Bertz CT molecular complexity index is 1350. The van der Waals surface area contributed by atoms with Crippen LogP contribution >= 0.6 is 11.3 Å². The number of nitro groups is 3. The summed E-state index contributed by atoms with van der Waals surface area (Å²) in [7, 11) is 0. The van der Waals surface area contributed by atoms with Crippen LogP contribution in [0, 0.1) is 30.3 Å². The summed E-state index contributed by atoms with van der Waals surface area (Å²) in [6.45, 7) is 0. The van der Waals surface area contributed by atoms with Crippen molar-refractivity contribution in [3.05, 3.63) is 88.9 Å². The van der Waals surface area contributed by atoms with Crippen LogP contribution in [0.4, 0.5) is 22.2 Å². The summed E-state index contributed by atoms with van der Waals surface area (Å²) in [5.41, 5.74) is 0.941. The summed E-state index contributed by atoms with van der Waals surface area (Å²) in [5.74, 6) is -1.50. The number of carbonyl (C=O) groups is 2. The molecule has 2 N–H and O–H groups in total. The van der Waals surface area contributed by atoms with Crippen LogP contribution in [-0.2, 0) is 11.2 Å². The van der Waals surface area contributed by atoms with E-state index in [1.807, 2.05) is 0 Å². The number of hydrogen-bond acceptors (Lipinski definition) is 12. The molecule has 0 unspecified atom stereocenters. The van der Waals surface area contributed by atoms with Crippen LogP contribution in [0.2, 0.25) is 0 Å². The molecule has 0 fully saturated rings. The molecule has 3 aromatic rings. The fourth-order valence-electron chi connectivity index (χ4n) is 2.55. The minimum Gasteiger partial charge on any atom is -0.296 e. The number of hydrogen-bond donors (Lipinski definition) is 2. The maximum absolute atomic E-state index is 12.4. The Balaban J connectivity index is 1.59. The van der Waals surface area contributed by atoms with E-state index in [9.17, 15) is 39.9 Å². The molecule has 0 aliphatic heterocycles. The largest absolute Gasteiger partial charge is 0.296 e. The number of nitro benzene ring substituents is 3. The van der Waals surface area contributed by atoms with Gasteiger partial charge < -0.3 is 0 Å². The van der Waals surface area contributed by atoms with E-state index in [0.717, 1.165) is 23.5 Å². The molecule has 0 saturated heterocycles. The maximum atomic E-state index is 12.4. The first-order valence-electron chi connectivity index (χ1n) is 9.27. The molecule has 0 spiro atoms. The summed E-state index contributed by atoms with van der Waals surface area (Å²) in [4.78, 5) is 54.8. The number of carbonyl (C=O) groups excluding carboxylic acids is 2. The summed E-state index contributed by atoms with van der Waals surface area (Å²) in [6, 6.07) is 8.03. The van der Waals surface area contributed by atoms with E-state index in [-0.39, 0.29) is 22.2 Å². The Morgan fingerprint density at radius 1 is 0.943 bits per heavy atom. The van der Waals surface area contributed by atoms with Crippen LogP contribution < -0.4 is 10.7 Å². The number of hydrazone groups is 1. The molecule has 2 amide bonds. The van der Waals surface area contributed by atoms with Crippen LogP contribution in [-0.4, -0.2) is 43.0 Å². The average Bonchev–Trinajstić information content (AvgIpc) is 3.25. The van der Waals surface area contributed by atoms with Gasteiger partial charge in [-0.1, -0.05) is 11.3 Å². The molecule has 1 heterocycles. The molecule has 0 aliphatic carbocycles. The van der Waals surface area contributed by atoms with Crippen molar-refractivity contribution in [1.29, 1.82) is 0 Å². The molecule has 0 saturated carbocycles. The van der Waals surface area contributed by atoms with E-state index in [0.29, 0.717) is 11.6 Å². The van der Waals surface area contributed by atoms with Gasteiger partial charge in [0.15, 0.2) is 0 Å². The topological polar surface area (TPSA) is 226 Å². The van der Waals surface area contributed by atoms with Gasteiger partial charge in [0, 0.05) is 18.2 Å². The molecule has 1 aromatic heterocycles. The predicted molar refractivity (Wildman–Crippen MR) is 120 cm³/mol. The van der Waals surface area contributed by atoms with Crippen molar-refractivity contribution in [2.45, 2.75) is 6.42 Å².